The average molecular weight is 317 g/mol. The molecule has 3 rings (SSSR count). The third-order valence-corrected chi connectivity index (χ3v) is 5.17. The standard InChI is InChI=1S/C16H15NO4S/c1-2-21-15(18)16(12-8-4-3-5-9-12)13-10-6-7-11-14(13)22(19,20)17-16/h3-11,17H,2H2,1H3/t16-/m0/s1. The summed E-state index contributed by atoms with van der Waals surface area (Å²) in [4.78, 5) is 12.8. The van der Waals surface area contributed by atoms with Crippen LogP contribution in [-0.4, -0.2) is 21.0 Å². The van der Waals surface area contributed by atoms with Crippen molar-refractivity contribution in [1.82, 2.24) is 4.72 Å². The monoisotopic (exact) mass is 317 g/mol. The molecule has 2 aromatic rings. The summed E-state index contributed by atoms with van der Waals surface area (Å²) in [6.07, 6.45) is 0. The van der Waals surface area contributed by atoms with Gasteiger partial charge in [0.25, 0.3) is 0 Å². The van der Waals surface area contributed by atoms with Gasteiger partial charge >= 0.3 is 5.97 Å². The lowest BCUT2D eigenvalue weighted by atomic mass is 9.84. The van der Waals surface area contributed by atoms with E-state index in [4.69, 9.17) is 4.74 Å². The number of carbonyl (C=O) groups excluding carboxylic acids is 1. The van der Waals surface area contributed by atoms with Crippen molar-refractivity contribution in [3.8, 4) is 0 Å². The minimum Gasteiger partial charge on any atom is -0.464 e. The van der Waals surface area contributed by atoms with Crippen LogP contribution in [0.1, 0.15) is 18.1 Å². The molecule has 0 bridgehead atoms. The van der Waals surface area contributed by atoms with E-state index in [0.29, 0.717) is 11.1 Å². The van der Waals surface area contributed by atoms with Crippen LogP contribution < -0.4 is 4.72 Å². The second kappa shape index (κ2) is 5.23. The van der Waals surface area contributed by atoms with Gasteiger partial charge in [0.1, 0.15) is 0 Å². The molecule has 0 amide bonds. The van der Waals surface area contributed by atoms with Crippen LogP contribution in [0.2, 0.25) is 0 Å². The van der Waals surface area contributed by atoms with Crippen molar-refractivity contribution in [1.29, 1.82) is 0 Å². The maximum Gasteiger partial charge on any atom is 0.336 e. The summed E-state index contributed by atoms with van der Waals surface area (Å²) < 4.78 is 32.5. The van der Waals surface area contributed by atoms with E-state index >= 15 is 0 Å². The largest absolute Gasteiger partial charge is 0.464 e. The van der Waals surface area contributed by atoms with E-state index in [1.165, 1.54) is 6.07 Å². The lowest BCUT2D eigenvalue weighted by Crippen LogP contribution is -2.48. The Morgan fingerprint density at radius 2 is 1.73 bits per heavy atom. The Bertz CT molecular complexity index is 817. The van der Waals surface area contributed by atoms with E-state index in [1.54, 1.807) is 55.5 Å². The number of hydrogen-bond acceptors (Lipinski definition) is 4. The number of benzene rings is 2. The molecule has 0 unspecified atom stereocenters. The minimum absolute atomic E-state index is 0.104. The summed E-state index contributed by atoms with van der Waals surface area (Å²) in [6.45, 7) is 1.85. The lowest BCUT2D eigenvalue weighted by molar-refractivity contribution is -0.148. The van der Waals surface area contributed by atoms with Gasteiger partial charge in [0, 0.05) is 5.56 Å². The van der Waals surface area contributed by atoms with Crippen LogP contribution in [0.4, 0.5) is 0 Å². The highest BCUT2D eigenvalue weighted by Gasteiger charge is 2.54. The maximum atomic E-state index is 12.7. The summed E-state index contributed by atoms with van der Waals surface area (Å²) in [5.74, 6) is -0.630. The number of nitrogens with one attached hydrogen (secondary N) is 1. The van der Waals surface area contributed by atoms with Crippen LogP contribution in [0.15, 0.2) is 59.5 Å². The van der Waals surface area contributed by atoms with Crippen molar-refractivity contribution in [3.63, 3.8) is 0 Å². The van der Waals surface area contributed by atoms with E-state index in [0.717, 1.165) is 0 Å². The fraction of sp³-hybridized carbons (Fsp3) is 0.188. The summed E-state index contributed by atoms with van der Waals surface area (Å²) in [6, 6.07) is 15.2. The molecule has 0 aromatic heterocycles. The number of fused-ring (bicyclic) bond motifs is 1. The quantitative estimate of drug-likeness (QED) is 0.876. The molecular weight excluding hydrogens is 302 g/mol. The Morgan fingerprint density at radius 3 is 2.41 bits per heavy atom. The Balaban J connectivity index is 2.32. The SMILES string of the molecule is CCOC(=O)[C@@]1(c2ccccc2)NS(=O)(=O)c2ccccc21. The number of sulfonamides is 1. The number of esters is 1. The Labute approximate surface area is 129 Å². The maximum absolute atomic E-state index is 12.7. The van der Waals surface area contributed by atoms with Gasteiger partial charge in [-0.3, -0.25) is 0 Å². The highest BCUT2D eigenvalue weighted by molar-refractivity contribution is 7.90. The van der Waals surface area contributed by atoms with E-state index in [1.807, 2.05) is 0 Å². The van der Waals surface area contributed by atoms with Crippen molar-refractivity contribution in [2.45, 2.75) is 17.4 Å². The van der Waals surface area contributed by atoms with Gasteiger partial charge in [-0.25, -0.2) is 13.2 Å². The van der Waals surface area contributed by atoms with Crippen molar-refractivity contribution < 1.29 is 17.9 Å². The first kappa shape index (κ1) is 14.7. The van der Waals surface area contributed by atoms with Gasteiger partial charge in [-0.2, -0.15) is 4.72 Å². The number of hydrogen-bond donors (Lipinski definition) is 1. The smallest absolute Gasteiger partial charge is 0.336 e. The highest BCUT2D eigenvalue weighted by atomic mass is 32.2. The Hall–Kier alpha value is -2.18. The van der Waals surface area contributed by atoms with Crippen LogP contribution in [-0.2, 0) is 25.1 Å². The molecule has 0 radical (unpaired) electrons. The molecule has 1 atom stereocenters. The minimum atomic E-state index is -3.78. The number of carbonyl (C=O) groups is 1. The molecule has 0 aliphatic carbocycles. The zero-order valence-electron chi connectivity index (χ0n) is 11.9. The first-order valence-electron chi connectivity index (χ1n) is 6.88. The molecule has 1 heterocycles. The van der Waals surface area contributed by atoms with Crippen molar-refractivity contribution in [2.24, 2.45) is 0 Å². The van der Waals surface area contributed by atoms with E-state index in [9.17, 15) is 13.2 Å². The third-order valence-electron chi connectivity index (χ3n) is 3.66. The lowest BCUT2D eigenvalue weighted by Gasteiger charge is -2.27. The predicted octanol–water partition coefficient (Wildman–Crippen LogP) is 1.79. The fourth-order valence-electron chi connectivity index (χ4n) is 2.73. The molecule has 0 spiro atoms. The first-order chi connectivity index (χ1) is 10.5. The molecule has 1 aliphatic heterocycles. The van der Waals surface area contributed by atoms with Gasteiger partial charge < -0.3 is 4.74 Å². The number of rotatable bonds is 3. The average Bonchev–Trinajstić information content (AvgIpc) is 2.78. The molecule has 1 aliphatic rings. The van der Waals surface area contributed by atoms with Crippen LogP contribution >= 0.6 is 0 Å². The van der Waals surface area contributed by atoms with Gasteiger partial charge in [0.2, 0.25) is 10.0 Å². The van der Waals surface area contributed by atoms with E-state index in [2.05, 4.69) is 4.72 Å². The van der Waals surface area contributed by atoms with Crippen LogP contribution in [0, 0.1) is 0 Å². The molecule has 5 nitrogen and oxygen atoms in total. The molecule has 0 saturated carbocycles. The predicted molar refractivity (Wildman–Crippen MR) is 80.6 cm³/mol. The van der Waals surface area contributed by atoms with Crippen LogP contribution in [0.5, 0.6) is 0 Å². The van der Waals surface area contributed by atoms with Crippen molar-refractivity contribution >= 4 is 16.0 Å². The zero-order chi connectivity index (χ0) is 15.8. The molecule has 0 fully saturated rings. The van der Waals surface area contributed by atoms with Gasteiger partial charge in [-0.05, 0) is 18.6 Å². The van der Waals surface area contributed by atoms with Gasteiger partial charge in [-0.1, -0.05) is 48.5 Å². The van der Waals surface area contributed by atoms with Crippen molar-refractivity contribution in [2.75, 3.05) is 6.61 Å². The van der Waals surface area contributed by atoms with Crippen molar-refractivity contribution in [3.05, 3.63) is 65.7 Å². The second-order valence-electron chi connectivity index (χ2n) is 4.94. The molecule has 6 heteroatoms. The first-order valence-corrected chi connectivity index (χ1v) is 8.37. The Kier molecular flexibility index (Phi) is 3.50. The number of ether oxygens (including phenoxy) is 1. The summed E-state index contributed by atoms with van der Waals surface area (Å²) in [5, 5.41) is 0. The summed E-state index contributed by atoms with van der Waals surface area (Å²) in [5.41, 5.74) is -0.617. The normalized spacial score (nSPS) is 22.0. The second-order valence-corrected chi connectivity index (χ2v) is 6.59. The summed E-state index contributed by atoms with van der Waals surface area (Å²) >= 11 is 0. The van der Waals surface area contributed by atoms with E-state index in [-0.39, 0.29) is 11.5 Å². The topological polar surface area (TPSA) is 72.5 Å². The fourth-order valence-corrected chi connectivity index (χ4v) is 4.33. The van der Waals surface area contributed by atoms with Crippen LogP contribution in [0.3, 0.4) is 0 Å². The summed E-state index contributed by atoms with van der Waals surface area (Å²) in [7, 11) is -3.78. The highest BCUT2D eigenvalue weighted by Crippen LogP contribution is 2.41. The van der Waals surface area contributed by atoms with E-state index < -0.39 is 21.5 Å². The van der Waals surface area contributed by atoms with Gasteiger partial charge in [-0.15, -0.1) is 0 Å². The Morgan fingerprint density at radius 1 is 1.09 bits per heavy atom. The molecule has 0 saturated heterocycles. The van der Waals surface area contributed by atoms with Gasteiger partial charge in [0.15, 0.2) is 5.54 Å². The molecular formula is C16H15NO4S. The zero-order valence-corrected chi connectivity index (χ0v) is 12.8. The third kappa shape index (κ3) is 2.03. The molecule has 114 valence electrons. The molecule has 22 heavy (non-hydrogen) atoms. The molecule has 1 N–H and O–H groups in total. The van der Waals surface area contributed by atoms with Gasteiger partial charge in [0.05, 0.1) is 11.5 Å². The van der Waals surface area contributed by atoms with Crippen LogP contribution in [0.25, 0.3) is 0 Å². The molecule has 2 aromatic carbocycles.